The summed E-state index contributed by atoms with van der Waals surface area (Å²) < 4.78 is 1.93. The summed E-state index contributed by atoms with van der Waals surface area (Å²) in [5.74, 6) is -0.478. The third-order valence-corrected chi connectivity index (χ3v) is 4.22. The smallest absolute Gasteiger partial charge is 0.285 e. The second kappa shape index (κ2) is 6.20. The van der Waals surface area contributed by atoms with Crippen LogP contribution < -0.4 is 10.9 Å². The summed E-state index contributed by atoms with van der Waals surface area (Å²) in [5.41, 5.74) is 1.12. The highest BCUT2D eigenvalue weighted by atomic mass is 32.1. The quantitative estimate of drug-likeness (QED) is 0.577. The van der Waals surface area contributed by atoms with Crippen molar-refractivity contribution < 1.29 is 9.72 Å². The number of nitrogens with one attached hydrogen (secondary N) is 1. The van der Waals surface area contributed by atoms with Crippen LogP contribution in [-0.2, 0) is 11.3 Å². The number of nitro groups is 1. The van der Waals surface area contributed by atoms with Crippen LogP contribution in [0.5, 0.6) is 0 Å². The maximum atomic E-state index is 12.1. The maximum absolute atomic E-state index is 12.1. The zero-order valence-electron chi connectivity index (χ0n) is 12.6. The Hall–Kier alpha value is -3.07. The molecular formula is C15H12N4O4S. The van der Waals surface area contributed by atoms with Gasteiger partial charge in [0.2, 0.25) is 5.91 Å². The Morgan fingerprint density at radius 1 is 1.38 bits per heavy atom. The summed E-state index contributed by atoms with van der Waals surface area (Å²) in [6, 6.07) is 7.92. The molecule has 9 heteroatoms. The molecule has 0 aliphatic heterocycles. The average Bonchev–Trinajstić information content (AvgIpc) is 2.90. The Labute approximate surface area is 139 Å². The fourth-order valence-electron chi connectivity index (χ4n) is 2.15. The Morgan fingerprint density at radius 3 is 2.92 bits per heavy atom. The Balaban J connectivity index is 1.78. The highest BCUT2D eigenvalue weighted by Gasteiger charge is 2.12. The largest absolute Gasteiger partial charge is 0.300 e. The summed E-state index contributed by atoms with van der Waals surface area (Å²) >= 11 is 1.32. The number of hydrogen-bond donors (Lipinski definition) is 1. The molecule has 24 heavy (non-hydrogen) atoms. The van der Waals surface area contributed by atoms with Crippen molar-refractivity contribution in [2.75, 3.05) is 5.32 Å². The van der Waals surface area contributed by atoms with E-state index in [1.807, 2.05) is 25.1 Å². The van der Waals surface area contributed by atoms with Crippen molar-refractivity contribution in [3.63, 3.8) is 0 Å². The molecule has 8 nitrogen and oxygen atoms in total. The van der Waals surface area contributed by atoms with Gasteiger partial charge in [0.1, 0.15) is 6.54 Å². The molecule has 1 N–H and O–H groups in total. The van der Waals surface area contributed by atoms with E-state index < -0.39 is 16.4 Å². The van der Waals surface area contributed by atoms with Gasteiger partial charge in [-0.2, -0.15) is 0 Å². The topological polar surface area (TPSA) is 107 Å². The number of anilines is 1. The lowest BCUT2D eigenvalue weighted by atomic mass is 10.2. The van der Waals surface area contributed by atoms with Crippen LogP contribution in [0.25, 0.3) is 10.2 Å². The molecule has 2 aromatic heterocycles. The van der Waals surface area contributed by atoms with E-state index in [2.05, 4.69) is 10.3 Å². The number of benzene rings is 1. The molecule has 0 aliphatic rings. The van der Waals surface area contributed by atoms with Crippen molar-refractivity contribution >= 4 is 38.3 Å². The van der Waals surface area contributed by atoms with Gasteiger partial charge in [-0.1, -0.05) is 17.4 Å². The number of rotatable bonds is 4. The standard InChI is InChI=1S/C15H12N4O4S/c1-9-2-4-11-12(6-9)24-15(16-11)17-13(20)8-18-7-10(19(22)23)3-5-14(18)21/h2-7H,8H2,1H3,(H,16,17,20). The van der Waals surface area contributed by atoms with E-state index in [0.29, 0.717) is 5.13 Å². The molecule has 1 amide bonds. The lowest BCUT2D eigenvalue weighted by Crippen LogP contribution is -2.26. The highest BCUT2D eigenvalue weighted by molar-refractivity contribution is 7.22. The first-order chi connectivity index (χ1) is 11.4. The Morgan fingerprint density at radius 2 is 2.17 bits per heavy atom. The van der Waals surface area contributed by atoms with E-state index in [9.17, 15) is 19.7 Å². The van der Waals surface area contributed by atoms with E-state index in [1.165, 1.54) is 11.3 Å². The average molecular weight is 344 g/mol. The molecule has 122 valence electrons. The molecule has 0 atom stereocenters. The Kier molecular flexibility index (Phi) is 4.09. The van der Waals surface area contributed by atoms with Crippen molar-refractivity contribution in [3.05, 3.63) is 62.6 Å². The van der Waals surface area contributed by atoms with Gasteiger partial charge in [0.25, 0.3) is 11.2 Å². The van der Waals surface area contributed by atoms with Gasteiger partial charge in [0, 0.05) is 12.1 Å². The van der Waals surface area contributed by atoms with E-state index in [0.717, 1.165) is 38.7 Å². The number of fused-ring (bicyclic) bond motifs is 1. The van der Waals surface area contributed by atoms with Crippen LogP contribution >= 0.6 is 11.3 Å². The molecule has 0 aliphatic carbocycles. The van der Waals surface area contributed by atoms with E-state index >= 15 is 0 Å². The molecule has 0 saturated carbocycles. The van der Waals surface area contributed by atoms with Gasteiger partial charge in [-0.15, -0.1) is 0 Å². The van der Waals surface area contributed by atoms with Gasteiger partial charge < -0.3 is 5.32 Å². The second-order valence-corrected chi connectivity index (χ2v) is 6.18. The minimum Gasteiger partial charge on any atom is -0.300 e. The molecule has 0 saturated heterocycles. The fraction of sp³-hybridized carbons (Fsp3) is 0.133. The van der Waals surface area contributed by atoms with Crippen LogP contribution in [0.4, 0.5) is 10.8 Å². The van der Waals surface area contributed by atoms with Crippen molar-refractivity contribution in [3.8, 4) is 0 Å². The zero-order valence-corrected chi connectivity index (χ0v) is 13.4. The van der Waals surface area contributed by atoms with Crippen molar-refractivity contribution in [2.45, 2.75) is 13.5 Å². The van der Waals surface area contributed by atoms with Crippen molar-refractivity contribution in [1.82, 2.24) is 9.55 Å². The van der Waals surface area contributed by atoms with Crippen LogP contribution in [-0.4, -0.2) is 20.4 Å². The minimum atomic E-state index is -0.621. The predicted octanol–water partition coefficient (Wildman–Crippen LogP) is 2.31. The number of carbonyl (C=O) groups is 1. The molecule has 2 heterocycles. The normalized spacial score (nSPS) is 10.7. The number of amides is 1. The third kappa shape index (κ3) is 3.30. The number of aryl methyl sites for hydroxylation is 1. The number of carbonyl (C=O) groups excluding carboxylic acids is 1. The van der Waals surface area contributed by atoms with Gasteiger partial charge in [0.15, 0.2) is 5.13 Å². The van der Waals surface area contributed by atoms with Crippen LogP contribution in [0.2, 0.25) is 0 Å². The fourth-order valence-corrected chi connectivity index (χ4v) is 3.13. The molecule has 0 unspecified atom stereocenters. The number of thiazole rings is 1. The summed E-state index contributed by atoms with van der Waals surface area (Å²) in [4.78, 5) is 38.2. The minimum absolute atomic E-state index is 0.252. The van der Waals surface area contributed by atoms with Crippen molar-refractivity contribution in [1.29, 1.82) is 0 Å². The number of hydrogen-bond acceptors (Lipinski definition) is 6. The monoisotopic (exact) mass is 344 g/mol. The lowest BCUT2D eigenvalue weighted by Gasteiger charge is -2.04. The van der Waals surface area contributed by atoms with Crippen LogP contribution in [0.15, 0.2) is 41.3 Å². The molecular weight excluding hydrogens is 332 g/mol. The molecule has 0 fully saturated rings. The van der Waals surface area contributed by atoms with Crippen molar-refractivity contribution in [2.24, 2.45) is 0 Å². The molecule has 3 rings (SSSR count). The first kappa shape index (κ1) is 15.8. The summed E-state index contributed by atoms with van der Waals surface area (Å²) in [6.45, 7) is 1.64. The van der Waals surface area contributed by atoms with Gasteiger partial charge >= 0.3 is 0 Å². The number of pyridine rings is 1. The summed E-state index contributed by atoms with van der Waals surface area (Å²) in [6.07, 6.45) is 1.05. The van der Waals surface area contributed by atoms with E-state index in [1.54, 1.807) is 0 Å². The van der Waals surface area contributed by atoms with E-state index in [4.69, 9.17) is 0 Å². The summed E-state index contributed by atoms with van der Waals surface area (Å²) in [5, 5.41) is 13.8. The Bertz CT molecular complexity index is 1010. The lowest BCUT2D eigenvalue weighted by molar-refractivity contribution is -0.385. The highest BCUT2D eigenvalue weighted by Crippen LogP contribution is 2.26. The predicted molar refractivity (Wildman–Crippen MR) is 90.3 cm³/mol. The molecule has 0 spiro atoms. The maximum Gasteiger partial charge on any atom is 0.285 e. The van der Waals surface area contributed by atoms with Gasteiger partial charge in [-0.25, -0.2) is 4.98 Å². The van der Waals surface area contributed by atoms with Gasteiger partial charge in [-0.3, -0.25) is 24.3 Å². The van der Waals surface area contributed by atoms with Gasteiger partial charge in [-0.05, 0) is 24.6 Å². The van der Waals surface area contributed by atoms with Gasteiger partial charge in [0.05, 0.1) is 21.3 Å². The van der Waals surface area contributed by atoms with E-state index in [-0.39, 0.29) is 12.2 Å². The number of aromatic nitrogens is 2. The first-order valence-electron chi connectivity index (χ1n) is 6.94. The molecule has 0 bridgehead atoms. The molecule has 1 aromatic carbocycles. The molecule has 3 aromatic rings. The SMILES string of the molecule is Cc1ccc2nc(NC(=O)Cn3cc([N+](=O)[O-])ccc3=O)sc2c1. The first-order valence-corrected chi connectivity index (χ1v) is 7.76. The second-order valence-electron chi connectivity index (χ2n) is 5.15. The van der Waals surface area contributed by atoms with Crippen LogP contribution in [0, 0.1) is 17.0 Å². The number of nitrogens with zero attached hydrogens (tertiary/aromatic N) is 3. The summed E-state index contributed by atoms with van der Waals surface area (Å²) in [7, 11) is 0. The van der Waals surface area contributed by atoms with Crippen LogP contribution in [0.3, 0.4) is 0 Å². The third-order valence-electron chi connectivity index (χ3n) is 3.28. The molecule has 0 radical (unpaired) electrons. The van der Waals surface area contributed by atoms with Crippen LogP contribution in [0.1, 0.15) is 5.56 Å². The zero-order chi connectivity index (χ0) is 17.3.